The highest BCUT2D eigenvalue weighted by molar-refractivity contribution is 4.55. The fourth-order valence-corrected chi connectivity index (χ4v) is 1.63. The van der Waals surface area contributed by atoms with E-state index in [9.17, 15) is 0 Å². The van der Waals surface area contributed by atoms with Crippen molar-refractivity contribution in [3.05, 3.63) is 0 Å². The van der Waals surface area contributed by atoms with Crippen molar-refractivity contribution < 1.29 is 14.2 Å². The van der Waals surface area contributed by atoms with Gasteiger partial charge in [0.1, 0.15) is 0 Å². The van der Waals surface area contributed by atoms with E-state index in [2.05, 4.69) is 18.7 Å². The van der Waals surface area contributed by atoms with Crippen molar-refractivity contribution in [2.75, 3.05) is 59.8 Å². The molecule has 0 radical (unpaired) electrons. The largest absolute Gasteiger partial charge is 0.382 e. The van der Waals surface area contributed by atoms with Gasteiger partial charge in [0, 0.05) is 13.7 Å². The van der Waals surface area contributed by atoms with Crippen molar-refractivity contribution in [2.45, 2.75) is 26.7 Å². The molecular formula is C13H29NO3. The molecule has 0 amide bonds. The van der Waals surface area contributed by atoms with Crippen LogP contribution < -0.4 is 0 Å². The third kappa shape index (κ3) is 12.1. The van der Waals surface area contributed by atoms with Crippen LogP contribution in [0.5, 0.6) is 0 Å². The molecule has 0 unspecified atom stereocenters. The Morgan fingerprint density at radius 3 is 1.76 bits per heavy atom. The van der Waals surface area contributed by atoms with Crippen LogP contribution in [0.3, 0.4) is 0 Å². The lowest BCUT2D eigenvalue weighted by Crippen LogP contribution is -2.29. The Bertz CT molecular complexity index is 139. The van der Waals surface area contributed by atoms with E-state index in [1.807, 2.05) is 0 Å². The van der Waals surface area contributed by atoms with E-state index in [-0.39, 0.29) is 0 Å². The first-order chi connectivity index (χ1) is 8.35. The smallest absolute Gasteiger partial charge is 0.0701 e. The lowest BCUT2D eigenvalue weighted by atomic mass is 10.3. The summed E-state index contributed by atoms with van der Waals surface area (Å²) in [4.78, 5) is 2.45. The Kier molecular flexibility index (Phi) is 13.8. The molecule has 0 aromatic carbocycles. The number of methoxy groups -OCH3 is 1. The fraction of sp³-hybridized carbons (Fsp3) is 1.00. The van der Waals surface area contributed by atoms with E-state index in [0.29, 0.717) is 26.4 Å². The SMILES string of the molecule is CCCN(CCC)CCOCCOCCOC. The summed E-state index contributed by atoms with van der Waals surface area (Å²) < 4.78 is 15.7. The Hall–Kier alpha value is -0.160. The summed E-state index contributed by atoms with van der Waals surface area (Å²) in [5.74, 6) is 0. The van der Waals surface area contributed by atoms with Crippen LogP contribution in [0, 0.1) is 0 Å². The highest BCUT2D eigenvalue weighted by atomic mass is 16.5. The standard InChI is InChI=1S/C13H29NO3/c1-4-6-14(7-5-2)8-9-16-12-13-17-11-10-15-3/h4-13H2,1-3H3. The van der Waals surface area contributed by atoms with Crippen LogP contribution in [0.4, 0.5) is 0 Å². The normalized spacial score (nSPS) is 11.3. The van der Waals surface area contributed by atoms with E-state index < -0.39 is 0 Å². The molecule has 0 rings (SSSR count). The van der Waals surface area contributed by atoms with Gasteiger partial charge in [0.25, 0.3) is 0 Å². The Morgan fingerprint density at radius 2 is 1.24 bits per heavy atom. The second-order valence-corrected chi connectivity index (χ2v) is 4.06. The van der Waals surface area contributed by atoms with Crippen molar-refractivity contribution in [2.24, 2.45) is 0 Å². The quantitative estimate of drug-likeness (QED) is 0.464. The molecule has 0 N–H and O–H groups in total. The minimum absolute atomic E-state index is 0.650. The summed E-state index contributed by atoms with van der Waals surface area (Å²) in [7, 11) is 1.68. The van der Waals surface area contributed by atoms with Gasteiger partial charge in [-0.05, 0) is 25.9 Å². The molecule has 0 atom stereocenters. The molecular weight excluding hydrogens is 218 g/mol. The Morgan fingerprint density at radius 1 is 0.706 bits per heavy atom. The van der Waals surface area contributed by atoms with Crippen molar-refractivity contribution in [1.29, 1.82) is 0 Å². The van der Waals surface area contributed by atoms with E-state index in [4.69, 9.17) is 14.2 Å². The summed E-state index contributed by atoms with van der Waals surface area (Å²) in [6, 6.07) is 0. The average molecular weight is 247 g/mol. The predicted molar refractivity (Wildman–Crippen MR) is 70.5 cm³/mol. The third-order valence-electron chi connectivity index (χ3n) is 2.44. The molecule has 0 heterocycles. The van der Waals surface area contributed by atoms with Gasteiger partial charge in [-0.15, -0.1) is 0 Å². The molecule has 104 valence electrons. The highest BCUT2D eigenvalue weighted by Crippen LogP contribution is 1.94. The Labute approximate surface area is 106 Å². The molecule has 0 aliphatic carbocycles. The van der Waals surface area contributed by atoms with Crippen LogP contribution in [0.15, 0.2) is 0 Å². The van der Waals surface area contributed by atoms with Crippen LogP contribution in [-0.2, 0) is 14.2 Å². The highest BCUT2D eigenvalue weighted by Gasteiger charge is 2.01. The fourth-order valence-electron chi connectivity index (χ4n) is 1.63. The van der Waals surface area contributed by atoms with Gasteiger partial charge in [0.2, 0.25) is 0 Å². The van der Waals surface area contributed by atoms with Gasteiger partial charge in [0.15, 0.2) is 0 Å². The van der Waals surface area contributed by atoms with Crippen LogP contribution in [-0.4, -0.2) is 64.7 Å². The summed E-state index contributed by atoms with van der Waals surface area (Å²) in [5, 5.41) is 0. The lowest BCUT2D eigenvalue weighted by Gasteiger charge is -2.20. The maximum absolute atomic E-state index is 5.53. The zero-order valence-corrected chi connectivity index (χ0v) is 11.7. The molecule has 0 spiro atoms. The monoisotopic (exact) mass is 247 g/mol. The van der Waals surface area contributed by atoms with Gasteiger partial charge in [-0.1, -0.05) is 13.8 Å². The number of rotatable bonds is 13. The second kappa shape index (κ2) is 13.9. The summed E-state index contributed by atoms with van der Waals surface area (Å²) in [6.45, 7) is 11.2. The third-order valence-corrected chi connectivity index (χ3v) is 2.44. The van der Waals surface area contributed by atoms with Gasteiger partial charge in [-0.2, -0.15) is 0 Å². The van der Waals surface area contributed by atoms with Crippen LogP contribution in [0.25, 0.3) is 0 Å². The molecule has 0 aromatic rings. The van der Waals surface area contributed by atoms with Gasteiger partial charge in [-0.3, -0.25) is 0 Å². The van der Waals surface area contributed by atoms with Crippen LogP contribution in [0.2, 0.25) is 0 Å². The second-order valence-electron chi connectivity index (χ2n) is 4.06. The molecule has 17 heavy (non-hydrogen) atoms. The van der Waals surface area contributed by atoms with Crippen molar-refractivity contribution in [3.8, 4) is 0 Å². The molecule has 0 fully saturated rings. The minimum atomic E-state index is 0.650. The van der Waals surface area contributed by atoms with E-state index >= 15 is 0 Å². The van der Waals surface area contributed by atoms with Crippen molar-refractivity contribution in [3.63, 3.8) is 0 Å². The minimum Gasteiger partial charge on any atom is -0.382 e. The molecule has 4 nitrogen and oxygen atoms in total. The number of hydrogen-bond donors (Lipinski definition) is 0. The molecule has 0 bridgehead atoms. The molecule has 0 saturated carbocycles. The molecule has 0 aliphatic heterocycles. The van der Waals surface area contributed by atoms with E-state index in [0.717, 1.165) is 13.2 Å². The first-order valence-electron chi connectivity index (χ1n) is 6.71. The van der Waals surface area contributed by atoms with Gasteiger partial charge in [0.05, 0.1) is 33.0 Å². The topological polar surface area (TPSA) is 30.9 Å². The zero-order valence-electron chi connectivity index (χ0n) is 11.7. The van der Waals surface area contributed by atoms with Crippen molar-refractivity contribution in [1.82, 2.24) is 4.90 Å². The first kappa shape index (κ1) is 16.8. The molecule has 0 saturated heterocycles. The molecule has 4 heteroatoms. The first-order valence-corrected chi connectivity index (χ1v) is 6.71. The summed E-state index contributed by atoms with van der Waals surface area (Å²) in [5.41, 5.74) is 0. The van der Waals surface area contributed by atoms with Gasteiger partial charge < -0.3 is 19.1 Å². The summed E-state index contributed by atoms with van der Waals surface area (Å²) in [6.07, 6.45) is 2.42. The Balaban J connectivity index is 3.23. The maximum Gasteiger partial charge on any atom is 0.0701 e. The number of nitrogens with zero attached hydrogens (tertiary/aromatic N) is 1. The number of ether oxygens (including phenoxy) is 3. The lowest BCUT2D eigenvalue weighted by molar-refractivity contribution is 0.0195. The van der Waals surface area contributed by atoms with E-state index in [1.54, 1.807) is 7.11 Å². The molecule has 0 aromatic heterocycles. The van der Waals surface area contributed by atoms with Gasteiger partial charge in [-0.25, -0.2) is 0 Å². The van der Waals surface area contributed by atoms with E-state index in [1.165, 1.54) is 25.9 Å². The van der Waals surface area contributed by atoms with Crippen LogP contribution in [0.1, 0.15) is 26.7 Å². The average Bonchev–Trinajstić information content (AvgIpc) is 2.33. The molecule has 0 aliphatic rings. The maximum atomic E-state index is 5.53. The summed E-state index contributed by atoms with van der Waals surface area (Å²) >= 11 is 0. The zero-order chi connectivity index (χ0) is 12.8. The van der Waals surface area contributed by atoms with Crippen LogP contribution >= 0.6 is 0 Å². The van der Waals surface area contributed by atoms with Gasteiger partial charge >= 0.3 is 0 Å². The van der Waals surface area contributed by atoms with Crippen molar-refractivity contribution >= 4 is 0 Å². The number of hydrogen-bond acceptors (Lipinski definition) is 4. The predicted octanol–water partition coefficient (Wildman–Crippen LogP) is 1.79.